The third-order valence-electron chi connectivity index (χ3n) is 3.16. The summed E-state index contributed by atoms with van der Waals surface area (Å²) >= 11 is 0. The van der Waals surface area contributed by atoms with E-state index in [2.05, 4.69) is 10.2 Å². The van der Waals surface area contributed by atoms with Gasteiger partial charge in [-0.1, -0.05) is 25.1 Å². The van der Waals surface area contributed by atoms with E-state index in [4.69, 9.17) is 5.21 Å². The quantitative estimate of drug-likeness (QED) is 0.477. The predicted octanol–water partition coefficient (Wildman–Crippen LogP) is 1.62. The lowest BCUT2D eigenvalue weighted by atomic mass is 10.2. The lowest BCUT2D eigenvalue weighted by Gasteiger charge is -2.19. The van der Waals surface area contributed by atoms with Gasteiger partial charge >= 0.3 is 0 Å². The molecule has 0 heterocycles. The fraction of sp³-hybridized carbons (Fsp3) is 0.467. The number of para-hydroxylation sites is 1. The van der Waals surface area contributed by atoms with Crippen molar-refractivity contribution in [2.45, 2.75) is 26.2 Å². The number of anilines is 1. The van der Waals surface area contributed by atoms with Gasteiger partial charge in [0.2, 0.25) is 11.8 Å². The molecule has 0 aromatic heterocycles. The van der Waals surface area contributed by atoms with Gasteiger partial charge < -0.3 is 10.2 Å². The molecule has 1 rings (SSSR count). The highest BCUT2D eigenvalue weighted by Gasteiger charge is 2.08. The van der Waals surface area contributed by atoms with Crippen LogP contribution in [0.3, 0.4) is 0 Å². The van der Waals surface area contributed by atoms with Crippen LogP contribution in [0.1, 0.15) is 26.2 Å². The average molecular weight is 293 g/mol. The Morgan fingerprint density at radius 2 is 1.81 bits per heavy atom. The number of carbonyl (C=O) groups excluding carboxylic acids is 2. The van der Waals surface area contributed by atoms with Crippen molar-refractivity contribution in [1.82, 2.24) is 10.4 Å². The molecule has 6 nitrogen and oxygen atoms in total. The summed E-state index contributed by atoms with van der Waals surface area (Å²) in [5.41, 5.74) is 2.41. The fourth-order valence-electron chi connectivity index (χ4n) is 1.95. The summed E-state index contributed by atoms with van der Waals surface area (Å²) < 4.78 is 0. The summed E-state index contributed by atoms with van der Waals surface area (Å²) in [6, 6.07) is 9.35. The second-order valence-corrected chi connectivity index (χ2v) is 4.74. The van der Waals surface area contributed by atoms with Crippen molar-refractivity contribution >= 4 is 17.5 Å². The van der Waals surface area contributed by atoms with Gasteiger partial charge in [0.05, 0.1) is 0 Å². The molecule has 2 amide bonds. The van der Waals surface area contributed by atoms with E-state index in [9.17, 15) is 9.59 Å². The van der Waals surface area contributed by atoms with Gasteiger partial charge in [-0.25, -0.2) is 5.48 Å². The topological polar surface area (TPSA) is 81.7 Å². The van der Waals surface area contributed by atoms with E-state index >= 15 is 0 Å². The maximum Gasteiger partial charge on any atom is 0.243 e. The minimum atomic E-state index is -0.382. The van der Waals surface area contributed by atoms with Gasteiger partial charge in [-0.05, 0) is 31.6 Å². The zero-order valence-corrected chi connectivity index (χ0v) is 12.3. The standard InChI is InChI=1S/C15H23N3O3/c1-2-18(11-6-9-15(20)17-21)12-10-14(19)16-13-7-4-3-5-8-13/h3-5,7-8,21H,2,6,9-12H2,1H3,(H,16,19)(H,17,20). The molecule has 0 saturated heterocycles. The molecule has 21 heavy (non-hydrogen) atoms. The molecule has 0 fully saturated rings. The van der Waals surface area contributed by atoms with Crippen molar-refractivity contribution in [2.24, 2.45) is 0 Å². The first-order chi connectivity index (χ1) is 10.2. The Morgan fingerprint density at radius 1 is 1.10 bits per heavy atom. The van der Waals surface area contributed by atoms with Crippen LogP contribution in [0.2, 0.25) is 0 Å². The van der Waals surface area contributed by atoms with Crippen LogP contribution >= 0.6 is 0 Å². The molecule has 6 heteroatoms. The van der Waals surface area contributed by atoms with Gasteiger partial charge in [0, 0.05) is 25.1 Å². The van der Waals surface area contributed by atoms with Crippen LogP contribution in [0.15, 0.2) is 30.3 Å². The Balaban J connectivity index is 2.24. The Morgan fingerprint density at radius 3 is 2.43 bits per heavy atom. The summed E-state index contributed by atoms with van der Waals surface area (Å²) in [7, 11) is 0. The number of nitrogens with one attached hydrogen (secondary N) is 2. The van der Waals surface area contributed by atoms with E-state index in [1.165, 1.54) is 0 Å². The van der Waals surface area contributed by atoms with Crippen LogP contribution < -0.4 is 10.8 Å². The number of carbonyl (C=O) groups is 2. The lowest BCUT2D eigenvalue weighted by Crippen LogP contribution is -2.29. The SMILES string of the molecule is CCN(CCCC(=O)NO)CCC(=O)Nc1ccccc1. The summed E-state index contributed by atoms with van der Waals surface area (Å²) in [6.45, 7) is 4.21. The minimum Gasteiger partial charge on any atom is -0.326 e. The molecule has 3 N–H and O–H groups in total. The number of hydrogen-bond acceptors (Lipinski definition) is 4. The molecular formula is C15H23N3O3. The molecule has 0 aliphatic carbocycles. The van der Waals surface area contributed by atoms with E-state index in [0.29, 0.717) is 19.4 Å². The number of nitrogens with zero attached hydrogens (tertiary/aromatic N) is 1. The van der Waals surface area contributed by atoms with Gasteiger partial charge in [0.1, 0.15) is 0 Å². The Hall–Kier alpha value is -1.92. The molecule has 0 bridgehead atoms. The van der Waals surface area contributed by atoms with Crippen molar-refractivity contribution in [2.75, 3.05) is 25.0 Å². The molecule has 0 unspecified atom stereocenters. The number of rotatable bonds is 9. The largest absolute Gasteiger partial charge is 0.326 e. The predicted molar refractivity (Wildman–Crippen MR) is 81.0 cm³/mol. The van der Waals surface area contributed by atoms with Crippen LogP contribution in [-0.2, 0) is 9.59 Å². The molecule has 116 valence electrons. The highest BCUT2D eigenvalue weighted by atomic mass is 16.5. The molecular weight excluding hydrogens is 270 g/mol. The molecule has 0 saturated carbocycles. The van der Waals surface area contributed by atoms with Gasteiger partial charge in [-0.2, -0.15) is 0 Å². The van der Waals surface area contributed by atoms with Crippen LogP contribution in [0.5, 0.6) is 0 Å². The van der Waals surface area contributed by atoms with Gasteiger partial charge in [0.15, 0.2) is 0 Å². The molecule has 0 aliphatic rings. The second-order valence-electron chi connectivity index (χ2n) is 4.74. The molecule has 0 spiro atoms. The molecule has 0 aliphatic heterocycles. The molecule has 0 atom stereocenters. The van der Waals surface area contributed by atoms with E-state index < -0.39 is 0 Å². The second kappa shape index (κ2) is 9.90. The molecule has 0 radical (unpaired) electrons. The number of hydrogen-bond donors (Lipinski definition) is 3. The van der Waals surface area contributed by atoms with Crippen LogP contribution in [0.4, 0.5) is 5.69 Å². The number of benzene rings is 1. The first-order valence-electron chi connectivity index (χ1n) is 7.16. The van der Waals surface area contributed by atoms with E-state index in [-0.39, 0.29) is 18.2 Å². The van der Waals surface area contributed by atoms with Crippen molar-refractivity contribution in [3.05, 3.63) is 30.3 Å². The summed E-state index contributed by atoms with van der Waals surface area (Å²) in [5, 5.41) is 11.2. The third-order valence-corrected chi connectivity index (χ3v) is 3.16. The lowest BCUT2D eigenvalue weighted by molar-refractivity contribution is -0.129. The highest BCUT2D eigenvalue weighted by molar-refractivity contribution is 5.90. The normalized spacial score (nSPS) is 10.4. The van der Waals surface area contributed by atoms with Gasteiger partial charge in [-0.3, -0.25) is 14.8 Å². The van der Waals surface area contributed by atoms with E-state index in [0.717, 1.165) is 18.8 Å². The van der Waals surface area contributed by atoms with Gasteiger partial charge in [-0.15, -0.1) is 0 Å². The Labute approximate surface area is 125 Å². The average Bonchev–Trinajstić information content (AvgIpc) is 2.51. The Bertz CT molecular complexity index is 437. The zero-order chi connectivity index (χ0) is 15.5. The van der Waals surface area contributed by atoms with E-state index in [1.807, 2.05) is 37.3 Å². The number of hydroxylamine groups is 1. The number of amides is 2. The zero-order valence-electron chi connectivity index (χ0n) is 12.3. The first kappa shape index (κ1) is 17.1. The monoisotopic (exact) mass is 293 g/mol. The summed E-state index contributed by atoms with van der Waals surface area (Å²) in [6.07, 6.45) is 1.35. The van der Waals surface area contributed by atoms with Crippen molar-refractivity contribution < 1.29 is 14.8 Å². The van der Waals surface area contributed by atoms with Crippen LogP contribution in [0, 0.1) is 0 Å². The van der Waals surface area contributed by atoms with Crippen molar-refractivity contribution in [3.8, 4) is 0 Å². The maximum absolute atomic E-state index is 11.8. The van der Waals surface area contributed by atoms with E-state index in [1.54, 1.807) is 5.48 Å². The fourth-order valence-corrected chi connectivity index (χ4v) is 1.95. The van der Waals surface area contributed by atoms with Crippen LogP contribution in [-0.4, -0.2) is 41.6 Å². The smallest absolute Gasteiger partial charge is 0.243 e. The molecule has 1 aromatic carbocycles. The third kappa shape index (κ3) is 7.43. The molecule has 1 aromatic rings. The maximum atomic E-state index is 11.8. The van der Waals surface area contributed by atoms with Crippen molar-refractivity contribution in [3.63, 3.8) is 0 Å². The highest BCUT2D eigenvalue weighted by Crippen LogP contribution is 2.06. The summed E-state index contributed by atoms with van der Waals surface area (Å²) in [4.78, 5) is 24.8. The Kier molecular flexibility index (Phi) is 8.08. The minimum absolute atomic E-state index is 0.0206. The van der Waals surface area contributed by atoms with Gasteiger partial charge in [0.25, 0.3) is 0 Å². The summed E-state index contributed by atoms with van der Waals surface area (Å²) in [5.74, 6) is -0.402. The van der Waals surface area contributed by atoms with Crippen LogP contribution in [0.25, 0.3) is 0 Å². The first-order valence-corrected chi connectivity index (χ1v) is 7.16. The van der Waals surface area contributed by atoms with Crippen molar-refractivity contribution in [1.29, 1.82) is 0 Å².